The summed E-state index contributed by atoms with van der Waals surface area (Å²) < 4.78 is 6.06. The molecule has 2 aromatic carbocycles. The molecule has 0 amide bonds. The normalized spacial score (nSPS) is 10.8. The molecule has 0 bridgehead atoms. The minimum Gasteiger partial charge on any atom is -0.455 e. The lowest BCUT2D eigenvalue weighted by atomic mass is 10.1. The average molecular weight is 278 g/mol. The van der Waals surface area contributed by atoms with Gasteiger partial charge in [0.15, 0.2) is 5.75 Å². The molecule has 0 atom stereocenters. The largest absolute Gasteiger partial charge is 0.455 e. The van der Waals surface area contributed by atoms with Crippen LogP contribution in [0.5, 0.6) is 11.5 Å². The first kappa shape index (κ1) is 13.4. The van der Waals surface area contributed by atoms with Crippen molar-refractivity contribution in [1.82, 2.24) is 4.98 Å². The molecule has 3 rings (SSSR count). The maximum absolute atomic E-state index is 6.24. The van der Waals surface area contributed by atoms with Gasteiger partial charge in [0.2, 0.25) is 0 Å². The predicted octanol–water partition coefficient (Wildman–Crippen LogP) is 4.53. The lowest BCUT2D eigenvalue weighted by molar-refractivity contribution is 0.481. The zero-order chi connectivity index (χ0) is 15.0. The van der Waals surface area contributed by atoms with Crippen LogP contribution in [-0.2, 0) is 0 Å². The van der Waals surface area contributed by atoms with Crippen LogP contribution in [0.15, 0.2) is 42.7 Å². The number of nitrogen functional groups attached to an aromatic ring is 1. The van der Waals surface area contributed by atoms with Gasteiger partial charge in [-0.1, -0.05) is 6.07 Å². The van der Waals surface area contributed by atoms with Crippen LogP contribution >= 0.6 is 0 Å². The van der Waals surface area contributed by atoms with Crippen molar-refractivity contribution in [3.05, 3.63) is 59.4 Å². The van der Waals surface area contributed by atoms with E-state index in [-0.39, 0.29) is 0 Å². The van der Waals surface area contributed by atoms with Crippen LogP contribution in [0.4, 0.5) is 5.69 Å². The van der Waals surface area contributed by atoms with E-state index in [0.717, 1.165) is 22.1 Å². The van der Waals surface area contributed by atoms with E-state index in [1.807, 2.05) is 24.3 Å². The van der Waals surface area contributed by atoms with Gasteiger partial charge >= 0.3 is 0 Å². The average Bonchev–Trinajstić information content (AvgIpc) is 2.47. The molecule has 0 aliphatic carbocycles. The molecule has 106 valence electrons. The second-order valence-electron chi connectivity index (χ2n) is 5.38. The topological polar surface area (TPSA) is 48.1 Å². The minimum atomic E-state index is 0.647. The van der Waals surface area contributed by atoms with Gasteiger partial charge in [0.25, 0.3) is 0 Å². The van der Waals surface area contributed by atoms with Crippen molar-refractivity contribution in [2.45, 2.75) is 20.8 Å². The number of benzene rings is 2. The van der Waals surface area contributed by atoms with Gasteiger partial charge in [0.05, 0.1) is 5.69 Å². The van der Waals surface area contributed by atoms with E-state index >= 15 is 0 Å². The van der Waals surface area contributed by atoms with E-state index in [1.54, 1.807) is 12.4 Å². The summed E-state index contributed by atoms with van der Waals surface area (Å²) in [6.07, 6.45) is 3.54. The molecular weight excluding hydrogens is 260 g/mol. The number of pyridine rings is 1. The molecule has 0 radical (unpaired) electrons. The summed E-state index contributed by atoms with van der Waals surface area (Å²) in [7, 11) is 0. The Hall–Kier alpha value is -2.55. The number of rotatable bonds is 2. The maximum Gasteiger partial charge on any atom is 0.150 e. The summed E-state index contributed by atoms with van der Waals surface area (Å²) in [5, 5.41) is 1.98. The molecule has 3 aromatic rings. The Morgan fingerprint density at radius 2 is 1.81 bits per heavy atom. The van der Waals surface area contributed by atoms with Crippen molar-refractivity contribution in [2.24, 2.45) is 0 Å². The molecule has 21 heavy (non-hydrogen) atoms. The highest BCUT2D eigenvalue weighted by Gasteiger charge is 2.10. The van der Waals surface area contributed by atoms with Crippen LogP contribution in [0.2, 0.25) is 0 Å². The third-order valence-corrected chi connectivity index (χ3v) is 3.81. The molecule has 0 fully saturated rings. The fourth-order valence-electron chi connectivity index (χ4n) is 2.49. The van der Waals surface area contributed by atoms with Crippen LogP contribution < -0.4 is 10.5 Å². The van der Waals surface area contributed by atoms with Gasteiger partial charge in [-0.15, -0.1) is 0 Å². The summed E-state index contributed by atoms with van der Waals surface area (Å²) in [5.41, 5.74) is 10.4. The summed E-state index contributed by atoms with van der Waals surface area (Å²) in [6.45, 7) is 6.21. The molecule has 3 nitrogen and oxygen atoms in total. The molecule has 0 spiro atoms. The van der Waals surface area contributed by atoms with E-state index in [4.69, 9.17) is 10.5 Å². The van der Waals surface area contributed by atoms with Crippen LogP contribution in [0.1, 0.15) is 16.7 Å². The molecule has 0 unspecified atom stereocenters. The first-order valence-corrected chi connectivity index (χ1v) is 6.94. The van der Waals surface area contributed by atoms with E-state index in [1.165, 1.54) is 11.1 Å². The van der Waals surface area contributed by atoms with Gasteiger partial charge in [-0.2, -0.15) is 0 Å². The Kier molecular flexibility index (Phi) is 3.26. The Bertz CT molecular complexity index is 825. The van der Waals surface area contributed by atoms with Crippen molar-refractivity contribution >= 4 is 16.5 Å². The fraction of sp³-hybridized carbons (Fsp3) is 0.167. The van der Waals surface area contributed by atoms with Gasteiger partial charge in [-0.05, 0) is 61.7 Å². The molecular formula is C18H18N2O. The lowest BCUT2D eigenvalue weighted by Gasteiger charge is -2.14. The quantitative estimate of drug-likeness (QED) is 0.700. The SMILES string of the molecule is Cc1cc(C)c(C)c(Oc2ccc3cnccc3c2N)c1. The third-order valence-electron chi connectivity index (χ3n) is 3.81. The molecule has 0 aliphatic rings. The number of hydrogen-bond donors (Lipinski definition) is 1. The number of ether oxygens (including phenoxy) is 1. The van der Waals surface area contributed by atoms with Gasteiger partial charge in [0.1, 0.15) is 5.75 Å². The van der Waals surface area contributed by atoms with E-state index in [0.29, 0.717) is 11.4 Å². The molecule has 2 N–H and O–H groups in total. The van der Waals surface area contributed by atoms with Crippen molar-refractivity contribution < 1.29 is 4.74 Å². The number of fused-ring (bicyclic) bond motifs is 1. The number of nitrogens with two attached hydrogens (primary N) is 1. The summed E-state index contributed by atoms with van der Waals surface area (Å²) in [4.78, 5) is 4.11. The summed E-state index contributed by atoms with van der Waals surface area (Å²) >= 11 is 0. The van der Waals surface area contributed by atoms with Gasteiger partial charge in [-0.25, -0.2) is 0 Å². The number of aryl methyl sites for hydroxylation is 2. The molecule has 3 heteroatoms. The van der Waals surface area contributed by atoms with E-state index < -0.39 is 0 Å². The Labute approximate surface area is 124 Å². The Morgan fingerprint density at radius 1 is 1.00 bits per heavy atom. The van der Waals surface area contributed by atoms with Gasteiger partial charge < -0.3 is 10.5 Å². The van der Waals surface area contributed by atoms with Crippen LogP contribution in [0.3, 0.4) is 0 Å². The standard InChI is InChI=1S/C18H18N2O/c1-11-8-12(2)13(3)17(9-11)21-16-5-4-14-10-20-7-6-15(14)18(16)19/h4-10H,19H2,1-3H3. The molecule has 0 saturated heterocycles. The summed E-state index contributed by atoms with van der Waals surface area (Å²) in [6, 6.07) is 9.98. The lowest BCUT2D eigenvalue weighted by Crippen LogP contribution is -1.96. The zero-order valence-corrected chi connectivity index (χ0v) is 12.5. The molecule has 1 aromatic heterocycles. The highest BCUT2D eigenvalue weighted by Crippen LogP contribution is 2.35. The first-order chi connectivity index (χ1) is 10.1. The van der Waals surface area contributed by atoms with Crippen LogP contribution in [-0.4, -0.2) is 4.98 Å². The number of nitrogens with zero attached hydrogens (tertiary/aromatic N) is 1. The molecule has 0 saturated carbocycles. The number of aromatic nitrogens is 1. The fourth-order valence-corrected chi connectivity index (χ4v) is 2.49. The Balaban J connectivity index is 2.08. The van der Waals surface area contributed by atoms with Crippen molar-refractivity contribution in [1.29, 1.82) is 0 Å². The van der Waals surface area contributed by atoms with Crippen molar-refractivity contribution in [2.75, 3.05) is 5.73 Å². The molecule has 1 heterocycles. The first-order valence-electron chi connectivity index (χ1n) is 6.94. The maximum atomic E-state index is 6.24. The van der Waals surface area contributed by atoms with Gasteiger partial charge in [0, 0.05) is 23.2 Å². The second kappa shape index (κ2) is 5.09. The van der Waals surface area contributed by atoms with E-state index in [9.17, 15) is 0 Å². The molecule has 0 aliphatic heterocycles. The number of hydrogen-bond acceptors (Lipinski definition) is 3. The van der Waals surface area contributed by atoms with Gasteiger partial charge in [-0.3, -0.25) is 4.98 Å². The van der Waals surface area contributed by atoms with Crippen LogP contribution in [0.25, 0.3) is 10.8 Å². The Morgan fingerprint density at radius 3 is 2.62 bits per heavy atom. The third kappa shape index (κ3) is 2.42. The highest BCUT2D eigenvalue weighted by molar-refractivity contribution is 5.95. The number of anilines is 1. The summed E-state index contributed by atoms with van der Waals surface area (Å²) in [5.74, 6) is 1.54. The smallest absolute Gasteiger partial charge is 0.150 e. The van der Waals surface area contributed by atoms with Crippen LogP contribution in [0, 0.1) is 20.8 Å². The highest BCUT2D eigenvalue weighted by atomic mass is 16.5. The van der Waals surface area contributed by atoms with Crippen molar-refractivity contribution in [3.8, 4) is 11.5 Å². The van der Waals surface area contributed by atoms with E-state index in [2.05, 4.69) is 31.8 Å². The van der Waals surface area contributed by atoms with Crippen molar-refractivity contribution in [3.63, 3.8) is 0 Å². The monoisotopic (exact) mass is 278 g/mol. The minimum absolute atomic E-state index is 0.647. The predicted molar refractivity (Wildman–Crippen MR) is 86.9 cm³/mol. The second-order valence-corrected chi connectivity index (χ2v) is 5.38. The zero-order valence-electron chi connectivity index (χ0n) is 12.5.